The summed E-state index contributed by atoms with van der Waals surface area (Å²) in [5.74, 6) is 2.14. The molecule has 1 aliphatic heterocycles. The maximum atomic E-state index is 9.19. The number of benzene rings is 1. The van der Waals surface area contributed by atoms with E-state index in [4.69, 9.17) is 15.2 Å². The number of hydrogen-bond acceptors (Lipinski definition) is 4. The fourth-order valence-corrected chi connectivity index (χ4v) is 2.25. The first kappa shape index (κ1) is 13.2. The molecular formula is C14H21NO3. The maximum absolute atomic E-state index is 9.19. The first-order valence-corrected chi connectivity index (χ1v) is 6.45. The smallest absolute Gasteiger partial charge is 0.161 e. The van der Waals surface area contributed by atoms with Crippen molar-refractivity contribution >= 4 is 0 Å². The summed E-state index contributed by atoms with van der Waals surface area (Å²) in [6, 6.07) is 6.05. The zero-order chi connectivity index (χ0) is 13.0. The molecule has 0 bridgehead atoms. The third-order valence-corrected chi connectivity index (χ3v) is 3.41. The molecule has 2 unspecified atom stereocenters. The lowest BCUT2D eigenvalue weighted by atomic mass is 9.90. The average Bonchev–Trinajstić information content (AvgIpc) is 2.44. The predicted molar refractivity (Wildman–Crippen MR) is 70.1 cm³/mol. The Balaban J connectivity index is 2.08. The van der Waals surface area contributed by atoms with Crippen LogP contribution in [0.4, 0.5) is 0 Å². The van der Waals surface area contributed by atoms with Gasteiger partial charge >= 0.3 is 0 Å². The van der Waals surface area contributed by atoms with Crippen LogP contribution in [-0.4, -0.2) is 31.5 Å². The lowest BCUT2D eigenvalue weighted by Gasteiger charge is -2.22. The molecule has 3 N–H and O–H groups in total. The van der Waals surface area contributed by atoms with Crippen LogP contribution in [0.25, 0.3) is 0 Å². The normalized spacial score (nSPS) is 17.3. The van der Waals surface area contributed by atoms with Crippen molar-refractivity contribution in [3.05, 3.63) is 23.8 Å². The number of ether oxygens (including phenoxy) is 2. The summed E-state index contributed by atoms with van der Waals surface area (Å²) >= 11 is 0. The highest BCUT2D eigenvalue weighted by molar-refractivity contribution is 5.44. The first-order valence-electron chi connectivity index (χ1n) is 6.45. The van der Waals surface area contributed by atoms with Gasteiger partial charge in [-0.2, -0.15) is 0 Å². The van der Waals surface area contributed by atoms with Crippen molar-refractivity contribution in [2.75, 3.05) is 26.4 Å². The molecule has 4 heteroatoms. The molecule has 1 aliphatic rings. The van der Waals surface area contributed by atoms with E-state index in [-0.39, 0.29) is 12.5 Å². The molecule has 18 heavy (non-hydrogen) atoms. The highest BCUT2D eigenvalue weighted by atomic mass is 16.6. The summed E-state index contributed by atoms with van der Waals surface area (Å²) in [6.45, 7) is 4.02. The van der Waals surface area contributed by atoms with Gasteiger partial charge in [0.1, 0.15) is 13.2 Å². The molecule has 0 radical (unpaired) electrons. The Labute approximate surface area is 108 Å². The van der Waals surface area contributed by atoms with Crippen molar-refractivity contribution in [3.63, 3.8) is 0 Å². The predicted octanol–water partition coefficient (Wildman–Crippen LogP) is 1.52. The molecule has 0 spiro atoms. The molecule has 1 heterocycles. The van der Waals surface area contributed by atoms with Crippen LogP contribution in [0.5, 0.6) is 11.5 Å². The largest absolute Gasteiger partial charge is 0.486 e. The summed E-state index contributed by atoms with van der Waals surface area (Å²) in [6.07, 6.45) is 0.882. The molecule has 0 fully saturated rings. The number of aliphatic hydroxyl groups is 1. The Kier molecular flexibility index (Phi) is 4.44. The van der Waals surface area contributed by atoms with Gasteiger partial charge in [-0.1, -0.05) is 13.0 Å². The maximum Gasteiger partial charge on any atom is 0.161 e. The van der Waals surface area contributed by atoms with Gasteiger partial charge in [0.05, 0.1) is 0 Å². The standard InChI is InChI=1S/C14H21NO3/c1-10(6-11(8-15)9-16)12-2-3-13-14(7-12)18-5-4-17-13/h2-3,7,10-11,16H,4-6,8-9,15H2,1H3. The van der Waals surface area contributed by atoms with Gasteiger partial charge in [0.15, 0.2) is 11.5 Å². The van der Waals surface area contributed by atoms with Crippen LogP contribution in [0, 0.1) is 5.92 Å². The van der Waals surface area contributed by atoms with Gasteiger partial charge in [0.25, 0.3) is 0 Å². The number of hydrogen-bond donors (Lipinski definition) is 2. The van der Waals surface area contributed by atoms with E-state index in [9.17, 15) is 5.11 Å². The second-order valence-electron chi connectivity index (χ2n) is 4.82. The van der Waals surface area contributed by atoms with Crippen molar-refractivity contribution in [1.29, 1.82) is 0 Å². The Hall–Kier alpha value is -1.26. The van der Waals surface area contributed by atoms with Gasteiger partial charge < -0.3 is 20.3 Å². The third-order valence-electron chi connectivity index (χ3n) is 3.41. The molecule has 0 saturated heterocycles. The average molecular weight is 251 g/mol. The third kappa shape index (κ3) is 2.94. The van der Waals surface area contributed by atoms with Crippen molar-refractivity contribution < 1.29 is 14.6 Å². The topological polar surface area (TPSA) is 64.7 Å². The second kappa shape index (κ2) is 6.07. The number of aliphatic hydroxyl groups excluding tert-OH is 1. The molecule has 1 aromatic rings. The Morgan fingerprint density at radius 1 is 1.28 bits per heavy atom. The minimum Gasteiger partial charge on any atom is -0.486 e. The minimum absolute atomic E-state index is 0.144. The lowest BCUT2D eigenvalue weighted by molar-refractivity contribution is 0.171. The molecule has 0 aliphatic carbocycles. The van der Waals surface area contributed by atoms with Gasteiger partial charge in [-0.25, -0.2) is 0 Å². The van der Waals surface area contributed by atoms with E-state index in [1.54, 1.807) is 0 Å². The van der Waals surface area contributed by atoms with Gasteiger partial charge in [-0.3, -0.25) is 0 Å². The van der Waals surface area contributed by atoms with E-state index in [1.165, 1.54) is 5.56 Å². The van der Waals surface area contributed by atoms with Crippen LogP contribution in [0.2, 0.25) is 0 Å². The quantitative estimate of drug-likeness (QED) is 0.832. The highest BCUT2D eigenvalue weighted by Crippen LogP contribution is 2.34. The molecule has 0 amide bonds. The van der Waals surface area contributed by atoms with Crippen LogP contribution < -0.4 is 15.2 Å². The van der Waals surface area contributed by atoms with Crippen LogP contribution in [-0.2, 0) is 0 Å². The fourth-order valence-electron chi connectivity index (χ4n) is 2.25. The monoisotopic (exact) mass is 251 g/mol. The Morgan fingerprint density at radius 3 is 2.67 bits per heavy atom. The molecule has 0 saturated carbocycles. The fraction of sp³-hybridized carbons (Fsp3) is 0.571. The van der Waals surface area contributed by atoms with Crippen molar-refractivity contribution in [1.82, 2.24) is 0 Å². The number of rotatable bonds is 5. The number of nitrogens with two attached hydrogens (primary N) is 1. The molecule has 4 nitrogen and oxygen atoms in total. The van der Waals surface area contributed by atoms with Gasteiger partial charge in [-0.05, 0) is 42.5 Å². The van der Waals surface area contributed by atoms with Gasteiger partial charge in [-0.15, -0.1) is 0 Å². The van der Waals surface area contributed by atoms with E-state index < -0.39 is 0 Å². The molecule has 2 atom stereocenters. The molecule has 0 aromatic heterocycles. The van der Waals surface area contributed by atoms with Crippen molar-refractivity contribution in [2.45, 2.75) is 19.3 Å². The van der Waals surface area contributed by atoms with Crippen LogP contribution >= 0.6 is 0 Å². The summed E-state index contributed by atoms with van der Waals surface area (Å²) in [5, 5.41) is 9.19. The summed E-state index contributed by atoms with van der Waals surface area (Å²) < 4.78 is 11.1. The van der Waals surface area contributed by atoms with E-state index in [0.717, 1.165) is 17.9 Å². The Morgan fingerprint density at radius 2 is 2.00 bits per heavy atom. The second-order valence-corrected chi connectivity index (χ2v) is 4.82. The first-order chi connectivity index (χ1) is 8.74. The summed E-state index contributed by atoms with van der Waals surface area (Å²) in [7, 11) is 0. The lowest BCUT2D eigenvalue weighted by Crippen LogP contribution is -2.20. The van der Waals surface area contributed by atoms with E-state index in [0.29, 0.717) is 25.7 Å². The number of fused-ring (bicyclic) bond motifs is 1. The molecule has 2 rings (SSSR count). The van der Waals surface area contributed by atoms with Crippen molar-refractivity contribution in [2.24, 2.45) is 11.7 Å². The zero-order valence-corrected chi connectivity index (χ0v) is 10.8. The summed E-state index contributed by atoms with van der Waals surface area (Å²) in [4.78, 5) is 0. The van der Waals surface area contributed by atoms with Crippen LogP contribution in [0.1, 0.15) is 24.8 Å². The van der Waals surface area contributed by atoms with E-state index in [1.807, 2.05) is 12.1 Å². The van der Waals surface area contributed by atoms with Gasteiger partial charge in [0.2, 0.25) is 0 Å². The van der Waals surface area contributed by atoms with Crippen molar-refractivity contribution in [3.8, 4) is 11.5 Å². The van der Waals surface area contributed by atoms with Crippen LogP contribution in [0.3, 0.4) is 0 Å². The Bertz CT molecular complexity index is 391. The SMILES string of the molecule is CC(CC(CN)CO)c1ccc2c(c1)OCCO2. The van der Waals surface area contributed by atoms with Gasteiger partial charge in [0, 0.05) is 6.61 Å². The highest BCUT2D eigenvalue weighted by Gasteiger charge is 2.16. The minimum atomic E-state index is 0.144. The summed E-state index contributed by atoms with van der Waals surface area (Å²) in [5.41, 5.74) is 6.82. The molecule has 1 aromatic carbocycles. The van der Waals surface area contributed by atoms with Crippen LogP contribution in [0.15, 0.2) is 18.2 Å². The zero-order valence-electron chi connectivity index (χ0n) is 10.8. The molecular weight excluding hydrogens is 230 g/mol. The molecule has 100 valence electrons. The van der Waals surface area contributed by atoms with E-state index in [2.05, 4.69) is 13.0 Å². The van der Waals surface area contributed by atoms with E-state index >= 15 is 0 Å².